The molecule has 5 rings (SSSR count). The molecule has 0 amide bonds. The number of benzene rings is 3. The lowest BCUT2D eigenvalue weighted by molar-refractivity contribution is 0.0844. The molecule has 0 saturated carbocycles. The Morgan fingerprint density at radius 1 is 1.11 bits per heavy atom. The molecule has 9 nitrogen and oxygen atoms in total. The fourth-order valence-electron chi connectivity index (χ4n) is 4.23. The molecule has 2 N–H and O–H groups in total. The van der Waals surface area contributed by atoms with Crippen LogP contribution in [-0.4, -0.2) is 38.1 Å². The highest BCUT2D eigenvalue weighted by Gasteiger charge is 2.31. The molecular weight excluding hydrogens is 462 g/mol. The highest BCUT2D eigenvalue weighted by atomic mass is 16.5. The van der Waals surface area contributed by atoms with Gasteiger partial charge in [0.05, 0.1) is 26.3 Å². The van der Waals surface area contributed by atoms with Crippen LogP contribution in [0.15, 0.2) is 60.8 Å². The maximum atomic E-state index is 12.8. The van der Waals surface area contributed by atoms with Gasteiger partial charge >= 0.3 is 0 Å². The lowest BCUT2D eigenvalue weighted by atomic mass is 9.95. The van der Waals surface area contributed by atoms with Gasteiger partial charge in [0, 0.05) is 12.1 Å². The monoisotopic (exact) mass is 487 g/mol. The third-order valence-corrected chi connectivity index (χ3v) is 5.95. The summed E-state index contributed by atoms with van der Waals surface area (Å²) in [5.74, 6) is 0.333. The van der Waals surface area contributed by atoms with Crippen LogP contribution in [0.2, 0.25) is 0 Å². The van der Waals surface area contributed by atoms with Crippen molar-refractivity contribution in [1.29, 1.82) is 0 Å². The van der Waals surface area contributed by atoms with Crippen molar-refractivity contribution in [3.8, 4) is 28.7 Å². The number of carbonyl (C=O) groups is 1. The van der Waals surface area contributed by atoms with Crippen molar-refractivity contribution in [2.24, 2.45) is 0 Å². The lowest BCUT2D eigenvalue weighted by Gasteiger charge is -2.26. The highest BCUT2D eigenvalue weighted by molar-refractivity contribution is 6.02. The molecule has 0 spiro atoms. The summed E-state index contributed by atoms with van der Waals surface area (Å²) in [6, 6.07) is 16.0. The number of ether oxygens (including phenoxy) is 3. The van der Waals surface area contributed by atoms with Gasteiger partial charge in [0.1, 0.15) is 41.2 Å². The van der Waals surface area contributed by atoms with Gasteiger partial charge in [0.25, 0.3) is 0 Å². The van der Waals surface area contributed by atoms with Gasteiger partial charge in [-0.25, -0.2) is 4.68 Å². The van der Waals surface area contributed by atoms with Crippen molar-refractivity contribution in [3.63, 3.8) is 0 Å². The topological polar surface area (TPSA) is 116 Å². The second-order valence-corrected chi connectivity index (χ2v) is 8.67. The van der Waals surface area contributed by atoms with E-state index in [4.69, 9.17) is 14.2 Å². The van der Waals surface area contributed by atoms with Crippen LogP contribution < -0.4 is 14.2 Å². The second-order valence-electron chi connectivity index (χ2n) is 8.67. The van der Waals surface area contributed by atoms with Crippen LogP contribution in [0, 0.1) is 6.92 Å². The van der Waals surface area contributed by atoms with Crippen LogP contribution in [-0.2, 0) is 13.2 Å². The molecule has 1 atom stereocenters. The van der Waals surface area contributed by atoms with Crippen LogP contribution in [0.5, 0.6) is 28.7 Å². The molecule has 0 saturated heterocycles. The fourth-order valence-corrected chi connectivity index (χ4v) is 4.23. The Hall–Kier alpha value is -4.53. The molecule has 36 heavy (non-hydrogen) atoms. The van der Waals surface area contributed by atoms with E-state index in [1.54, 1.807) is 29.1 Å². The van der Waals surface area contributed by atoms with Crippen molar-refractivity contribution in [2.45, 2.75) is 32.6 Å². The Balaban J connectivity index is 1.30. The van der Waals surface area contributed by atoms with Crippen molar-refractivity contribution in [2.75, 3.05) is 7.11 Å². The molecule has 0 radical (unpaired) electrons. The van der Waals surface area contributed by atoms with E-state index in [-0.39, 0.29) is 41.6 Å². The van der Waals surface area contributed by atoms with Crippen molar-refractivity contribution < 1.29 is 29.2 Å². The molecule has 1 aliphatic rings. The summed E-state index contributed by atoms with van der Waals surface area (Å²) in [4.78, 5) is 12.8. The molecule has 9 heteroatoms. The Bertz CT molecular complexity index is 1430. The molecule has 3 aromatic carbocycles. The first-order valence-electron chi connectivity index (χ1n) is 11.4. The number of phenols is 2. The molecule has 0 unspecified atom stereocenters. The summed E-state index contributed by atoms with van der Waals surface area (Å²) in [5, 5.41) is 28.9. The number of Topliss-reactive ketones (excluding diaryl/α,β-unsaturated/α-hetero) is 1. The average molecular weight is 488 g/mol. The third kappa shape index (κ3) is 4.81. The van der Waals surface area contributed by atoms with Crippen LogP contribution in [0.3, 0.4) is 0 Å². The number of hydrogen-bond acceptors (Lipinski definition) is 8. The van der Waals surface area contributed by atoms with Crippen molar-refractivity contribution >= 4 is 5.78 Å². The number of aryl methyl sites for hydroxylation is 1. The largest absolute Gasteiger partial charge is 0.507 e. The molecule has 4 aromatic rings. The summed E-state index contributed by atoms with van der Waals surface area (Å²) < 4.78 is 18.7. The minimum Gasteiger partial charge on any atom is -0.507 e. The summed E-state index contributed by atoms with van der Waals surface area (Å²) in [6.07, 6.45) is 1.20. The van der Waals surface area contributed by atoms with Gasteiger partial charge in [-0.05, 0) is 30.2 Å². The van der Waals surface area contributed by atoms with Crippen LogP contribution >= 0.6 is 0 Å². The minimum absolute atomic E-state index is 0.0244. The van der Waals surface area contributed by atoms with Gasteiger partial charge in [-0.3, -0.25) is 4.79 Å². The van der Waals surface area contributed by atoms with Crippen molar-refractivity contribution in [3.05, 3.63) is 88.7 Å². The number of aromatic hydroxyl groups is 2. The number of phenolic OH excluding ortho intramolecular Hbond substituents is 2. The molecule has 1 aliphatic heterocycles. The zero-order chi connectivity index (χ0) is 25.2. The highest BCUT2D eigenvalue weighted by Crippen LogP contribution is 2.43. The molecule has 184 valence electrons. The van der Waals surface area contributed by atoms with Gasteiger partial charge < -0.3 is 24.4 Å². The third-order valence-electron chi connectivity index (χ3n) is 5.95. The van der Waals surface area contributed by atoms with Gasteiger partial charge in [0.2, 0.25) is 0 Å². The summed E-state index contributed by atoms with van der Waals surface area (Å²) >= 11 is 0. The van der Waals surface area contributed by atoms with E-state index in [1.165, 1.54) is 24.8 Å². The first-order valence-corrected chi connectivity index (χ1v) is 11.4. The van der Waals surface area contributed by atoms with Crippen molar-refractivity contribution in [1.82, 2.24) is 15.0 Å². The standard InChI is InChI=1S/C27H25N3O6/c1-16-4-3-5-17(8-16)13-30-14-19(28-29-30)15-35-20-10-22(32)27-23(33)12-25(36-26(27)11-20)18-6-7-24(34-2)21(31)9-18/h3-11,14,25,31-32H,12-13,15H2,1-2H3/t25-/m0/s1. The maximum absolute atomic E-state index is 12.8. The van der Waals surface area contributed by atoms with Gasteiger partial charge in [0.15, 0.2) is 17.3 Å². The summed E-state index contributed by atoms with van der Waals surface area (Å²) in [7, 11) is 1.46. The van der Waals surface area contributed by atoms with Gasteiger partial charge in [-0.1, -0.05) is 41.1 Å². The number of hydrogen-bond donors (Lipinski definition) is 2. The predicted octanol–water partition coefficient (Wildman–Crippen LogP) is 4.34. The maximum Gasteiger partial charge on any atom is 0.174 e. The fraction of sp³-hybridized carbons (Fsp3) is 0.222. The van der Waals surface area contributed by atoms with Crippen LogP contribution in [0.4, 0.5) is 0 Å². The number of fused-ring (bicyclic) bond motifs is 1. The zero-order valence-electron chi connectivity index (χ0n) is 19.8. The molecule has 1 aromatic heterocycles. The van der Waals surface area contributed by atoms with E-state index in [0.29, 0.717) is 29.3 Å². The second kappa shape index (κ2) is 9.61. The average Bonchev–Trinajstić information content (AvgIpc) is 3.29. The van der Waals surface area contributed by atoms with Gasteiger partial charge in [-0.15, -0.1) is 5.10 Å². The van der Waals surface area contributed by atoms with E-state index in [0.717, 1.165) is 5.56 Å². The number of rotatable bonds is 7. The lowest BCUT2D eigenvalue weighted by Crippen LogP contribution is -2.20. The van der Waals surface area contributed by atoms with E-state index in [1.807, 2.05) is 25.1 Å². The Morgan fingerprint density at radius 3 is 2.75 bits per heavy atom. The number of carbonyl (C=O) groups excluding carboxylic acids is 1. The van der Waals surface area contributed by atoms with E-state index in [2.05, 4.69) is 16.4 Å². The van der Waals surface area contributed by atoms with Crippen LogP contribution in [0.25, 0.3) is 0 Å². The normalized spacial score (nSPS) is 14.7. The molecule has 0 aliphatic carbocycles. The van der Waals surface area contributed by atoms with E-state index < -0.39 is 6.10 Å². The first-order chi connectivity index (χ1) is 17.4. The molecular formula is C27H25N3O6. The summed E-state index contributed by atoms with van der Waals surface area (Å²) in [6.45, 7) is 2.75. The SMILES string of the molecule is COc1ccc([C@@H]2CC(=O)c3c(O)cc(OCc4cn(Cc5cccc(C)c5)nn4)cc3O2)cc1O. The Morgan fingerprint density at radius 2 is 1.97 bits per heavy atom. The molecule has 2 heterocycles. The zero-order valence-corrected chi connectivity index (χ0v) is 19.8. The van der Waals surface area contributed by atoms with Crippen LogP contribution in [0.1, 0.15) is 45.3 Å². The minimum atomic E-state index is -0.627. The summed E-state index contributed by atoms with van der Waals surface area (Å²) in [5.41, 5.74) is 3.64. The number of ketones is 1. The quantitative estimate of drug-likeness (QED) is 0.396. The molecule has 0 bridgehead atoms. The number of nitrogens with zero attached hydrogens (tertiary/aromatic N) is 3. The first kappa shape index (κ1) is 23.2. The predicted molar refractivity (Wildman–Crippen MR) is 130 cm³/mol. The Labute approximate surface area is 207 Å². The number of aromatic nitrogens is 3. The number of methoxy groups -OCH3 is 1. The smallest absolute Gasteiger partial charge is 0.174 e. The van der Waals surface area contributed by atoms with E-state index >= 15 is 0 Å². The van der Waals surface area contributed by atoms with E-state index in [9.17, 15) is 15.0 Å². The van der Waals surface area contributed by atoms with Gasteiger partial charge in [-0.2, -0.15) is 0 Å². The molecule has 0 fully saturated rings. The Kier molecular flexibility index (Phi) is 6.20.